The Bertz CT molecular complexity index is 712. The Hall–Kier alpha value is -1.75. The lowest BCUT2D eigenvalue weighted by Crippen LogP contribution is -2.67. The summed E-state index contributed by atoms with van der Waals surface area (Å²) in [5.41, 5.74) is -0.550. The normalized spacial score (nSPS) is 37.4. The highest BCUT2D eigenvalue weighted by molar-refractivity contribution is 5.90. The smallest absolute Gasteiger partial charge is 0.174 e. The number of aliphatic hydroxyl groups is 1. The van der Waals surface area contributed by atoms with Crippen molar-refractivity contribution in [2.75, 3.05) is 0 Å². The fourth-order valence-electron chi connectivity index (χ4n) is 5.30. The maximum Gasteiger partial charge on any atom is 0.174 e. The van der Waals surface area contributed by atoms with E-state index in [1.54, 1.807) is 0 Å². The molecule has 5 nitrogen and oxygen atoms in total. The highest BCUT2D eigenvalue weighted by Gasteiger charge is 2.69. The number of ether oxygens (including phenoxy) is 1. The summed E-state index contributed by atoms with van der Waals surface area (Å²) in [5.74, 6) is 0.0148. The van der Waals surface area contributed by atoms with E-state index in [1.807, 2.05) is 13.8 Å². The number of hydrogen-bond donors (Lipinski definition) is 3. The first-order chi connectivity index (χ1) is 10.9. The molecule has 4 rings (SSSR count). The number of Topliss-reactive ketones (excluding diaryl/α,β-unsaturated/α-hetero) is 1. The quantitative estimate of drug-likeness (QED) is 0.778. The van der Waals surface area contributed by atoms with Crippen molar-refractivity contribution >= 4 is 5.78 Å². The van der Waals surface area contributed by atoms with E-state index in [0.29, 0.717) is 30.4 Å². The van der Waals surface area contributed by atoms with Gasteiger partial charge >= 0.3 is 0 Å². The number of carbonyl (C=O) groups excluding carboxylic acids is 1. The highest BCUT2D eigenvalue weighted by atomic mass is 16.5. The molecule has 0 bridgehead atoms. The van der Waals surface area contributed by atoms with Crippen LogP contribution in [0.15, 0.2) is 6.07 Å². The summed E-state index contributed by atoms with van der Waals surface area (Å²) in [6.45, 7) is 3.98. The summed E-state index contributed by atoms with van der Waals surface area (Å²) in [6.07, 6.45) is 1.80. The third kappa shape index (κ3) is 1.49. The zero-order valence-corrected chi connectivity index (χ0v) is 13.4. The van der Waals surface area contributed by atoms with Gasteiger partial charge in [-0.05, 0) is 25.2 Å². The Morgan fingerprint density at radius 1 is 1.35 bits per heavy atom. The molecule has 3 N–H and O–H groups in total. The molecule has 23 heavy (non-hydrogen) atoms. The van der Waals surface area contributed by atoms with Gasteiger partial charge in [0.05, 0.1) is 11.0 Å². The molecule has 0 unspecified atom stereocenters. The van der Waals surface area contributed by atoms with Crippen LogP contribution in [-0.2, 0) is 16.6 Å². The Labute approximate surface area is 134 Å². The van der Waals surface area contributed by atoms with Gasteiger partial charge in [-0.2, -0.15) is 0 Å². The molecule has 124 valence electrons. The fourth-order valence-corrected chi connectivity index (χ4v) is 5.30. The van der Waals surface area contributed by atoms with Gasteiger partial charge in [0.25, 0.3) is 0 Å². The molecular weight excluding hydrogens is 296 g/mol. The van der Waals surface area contributed by atoms with Crippen LogP contribution in [0.5, 0.6) is 17.2 Å². The number of phenolic OH excluding ortho intramolecular Hbond substituents is 2. The molecule has 4 atom stereocenters. The molecule has 1 aromatic carbocycles. The minimum atomic E-state index is -1.06. The number of hydrogen-bond acceptors (Lipinski definition) is 5. The van der Waals surface area contributed by atoms with Crippen molar-refractivity contribution in [2.24, 2.45) is 5.92 Å². The molecule has 0 amide bonds. The Morgan fingerprint density at radius 3 is 2.78 bits per heavy atom. The number of ketones is 1. The second-order valence-electron chi connectivity index (χ2n) is 7.31. The number of rotatable bonds is 2. The maximum absolute atomic E-state index is 12.6. The van der Waals surface area contributed by atoms with Crippen molar-refractivity contribution < 1.29 is 24.9 Å². The lowest BCUT2D eigenvalue weighted by molar-refractivity contribution is -0.164. The molecule has 1 fully saturated rings. The lowest BCUT2D eigenvalue weighted by Gasteiger charge is -2.56. The zero-order valence-electron chi connectivity index (χ0n) is 13.4. The molecule has 1 aromatic rings. The van der Waals surface area contributed by atoms with Crippen molar-refractivity contribution in [3.8, 4) is 17.2 Å². The van der Waals surface area contributed by atoms with Gasteiger partial charge in [-0.1, -0.05) is 20.3 Å². The van der Waals surface area contributed by atoms with E-state index < -0.39 is 17.1 Å². The van der Waals surface area contributed by atoms with Crippen LogP contribution < -0.4 is 4.74 Å². The summed E-state index contributed by atoms with van der Waals surface area (Å²) in [5, 5.41) is 32.2. The highest BCUT2D eigenvalue weighted by Crippen LogP contribution is 2.65. The van der Waals surface area contributed by atoms with Crippen LogP contribution in [0, 0.1) is 5.92 Å². The monoisotopic (exact) mass is 318 g/mol. The molecule has 1 saturated carbocycles. The van der Waals surface area contributed by atoms with Gasteiger partial charge in [-0.15, -0.1) is 0 Å². The van der Waals surface area contributed by atoms with E-state index in [2.05, 4.69) is 0 Å². The van der Waals surface area contributed by atoms with Gasteiger partial charge in [0.2, 0.25) is 0 Å². The van der Waals surface area contributed by atoms with Crippen LogP contribution in [0.3, 0.4) is 0 Å². The van der Waals surface area contributed by atoms with E-state index in [1.165, 1.54) is 6.07 Å². The van der Waals surface area contributed by atoms with Crippen LogP contribution in [0.1, 0.15) is 50.7 Å². The number of carbonyl (C=O) groups is 1. The van der Waals surface area contributed by atoms with Crippen LogP contribution >= 0.6 is 0 Å². The lowest BCUT2D eigenvalue weighted by atomic mass is 9.49. The first kappa shape index (κ1) is 14.8. The third-order valence-electron chi connectivity index (χ3n) is 6.26. The standard InChI is InChI=1S/C18H22O5/c1-3-5-17-14-10-7-9(2)18(17,22)6-4-11(19)16(17)23-15(14)13(21)8-12(10)20/h8-9,16,20-22H,3-7H2,1-2H3/t9-,16+,17+,18-/m1/s1. The Kier molecular flexibility index (Phi) is 2.84. The van der Waals surface area contributed by atoms with Gasteiger partial charge in [0, 0.05) is 23.6 Å². The second-order valence-corrected chi connectivity index (χ2v) is 7.31. The maximum atomic E-state index is 12.6. The molecule has 0 radical (unpaired) electrons. The second kappa shape index (κ2) is 4.41. The van der Waals surface area contributed by atoms with Gasteiger partial charge < -0.3 is 20.1 Å². The van der Waals surface area contributed by atoms with Crippen molar-refractivity contribution in [1.29, 1.82) is 0 Å². The average molecular weight is 318 g/mol. The molecule has 0 aromatic heterocycles. The summed E-state index contributed by atoms with van der Waals surface area (Å²) in [4.78, 5) is 12.6. The summed E-state index contributed by atoms with van der Waals surface area (Å²) in [7, 11) is 0. The van der Waals surface area contributed by atoms with Crippen molar-refractivity contribution in [2.45, 2.75) is 63.1 Å². The van der Waals surface area contributed by atoms with Crippen molar-refractivity contribution in [3.05, 3.63) is 17.2 Å². The van der Waals surface area contributed by atoms with E-state index in [-0.39, 0.29) is 35.4 Å². The molecule has 0 spiro atoms. The molecular formula is C18H22O5. The fraction of sp³-hybridized carbons (Fsp3) is 0.611. The molecule has 5 heteroatoms. The first-order valence-corrected chi connectivity index (χ1v) is 8.37. The van der Waals surface area contributed by atoms with Gasteiger partial charge in [-0.25, -0.2) is 0 Å². The molecule has 2 aliphatic carbocycles. The minimum absolute atomic E-state index is 0.0212. The van der Waals surface area contributed by atoms with Crippen LogP contribution in [0.2, 0.25) is 0 Å². The van der Waals surface area contributed by atoms with Crippen LogP contribution in [-0.4, -0.2) is 32.8 Å². The Morgan fingerprint density at radius 2 is 2.09 bits per heavy atom. The molecule has 3 aliphatic rings. The van der Waals surface area contributed by atoms with Crippen LogP contribution in [0.25, 0.3) is 0 Å². The van der Waals surface area contributed by atoms with E-state index in [0.717, 1.165) is 6.42 Å². The largest absolute Gasteiger partial charge is 0.508 e. The number of phenols is 2. The first-order valence-electron chi connectivity index (χ1n) is 8.37. The van der Waals surface area contributed by atoms with Crippen LogP contribution in [0.4, 0.5) is 0 Å². The zero-order chi connectivity index (χ0) is 16.6. The molecule has 1 aliphatic heterocycles. The van der Waals surface area contributed by atoms with E-state index in [9.17, 15) is 20.1 Å². The third-order valence-corrected chi connectivity index (χ3v) is 6.26. The van der Waals surface area contributed by atoms with Gasteiger partial charge in [0.15, 0.2) is 23.4 Å². The summed E-state index contributed by atoms with van der Waals surface area (Å²) >= 11 is 0. The summed E-state index contributed by atoms with van der Waals surface area (Å²) < 4.78 is 5.90. The predicted octanol–water partition coefficient (Wildman–Crippen LogP) is 2.18. The topological polar surface area (TPSA) is 87.0 Å². The predicted molar refractivity (Wildman–Crippen MR) is 82.8 cm³/mol. The average Bonchev–Trinajstić information content (AvgIpc) is 2.85. The van der Waals surface area contributed by atoms with Crippen molar-refractivity contribution in [3.63, 3.8) is 0 Å². The molecule has 1 heterocycles. The van der Waals surface area contributed by atoms with Gasteiger partial charge in [0.1, 0.15) is 5.75 Å². The number of aromatic hydroxyl groups is 2. The van der Waals surface area contributed by atoms with E-state index >= 15 is 0 Å². The SMILES string of the molecule is CCC[C@]12c3c4c(O)cc(O)c3O[C@H]1C(=O)CC[C@@]2(O)[C@H](C)C4. The summed E-state index contributed by atoms with van der Waals surface area (Å²) in [6, 6.07) is 1.28. The van der Waals surface area contributed by atoms with Crippen molar-refractivity contribution in [1.82, 2.24) is 0 Å². The minimum Gasteiger partial charge on any atom is -0.508 e. The Balaban J connectivity index is 2.10. The van der Waals surface area contributed by atoms with E-state index in [4.69, 9.17) is 4.74 Å². The van der Waals surface area contributed by atoms with Gasteiger partial charge in [-0.3, -0.25) is 4.79 Å². The molecule has 0 saturated heterocycles. The number of benzene rings is 1.